The Morgan fingerprint density at radius 2 is 1.94 bits per heavy atom. The molecule has 1 N–H and O–H groups in total. The lowest BCUT2D eigenvalue weighted by atomic mass is 10.1. The van der Waals surface area contributed by atoms with Gasteiger partial charge in [-0.25, -0.2) is 4.39 Å². The molecule has 0 saturated carbocycles. The van der Waals surface area contributed by atoms with Gasteiger partial charge in [-0.3, -0.25) is 0 Å². The van der Waals surface area contributed by atoms with Crippen LogP contribution in [0.15, 0.2) is 18.2 Å². The van der Waals surface area contributed by atoms with E-state index in [0.29, 0.717) is 18.0 Å². The molecule has 1 unspecified atom stereocenters. The lowest BCUT2D eigenvalue weighted by molar-refractivity contribution is -0.140. The van der Waals surface area contributed by atoms with Crippen LogP contribution >= 0.6 is 0 Å². The van der Waals surface area contributed by atoms with E-state index in [-0.39, 0.29) is 0 Å². The largest absolute Gasteiger partial charge is 0.419 e. The van der Waals surface area contributed by atoms with Gasteiger partial charge in [0.1, 0.15) is 5.82 Å². The van der Waals surface area contributed by atoms with Crippen LogP contribution in [0.1, 0.15) is 31.4 Å². The Morgan fingerprint density at radius 3 is 2.50 bits per heavy atom. The van der Waals surface area contributed by atoms with Crippen molar-refractivity contribution in [3.8, 4) is 0 Å². The molecule has 1 rings (SSSR count). The van der Waals surface area contributed by atoms with Crippen molar-refractivity contribution in [2.45, 2.75) is 33.0 Å². The molecule has 1 aromatic rings. The van der Waals surface area contributed by atoms with Crippen LogP contribution in [-0.2, 0) is 12.7 Å². The molecular weight excluding hydrogens is 246 g/mol. The average Bonchev–Trinajstić information content (AvgIpc) is 2.29. The predicted octanol–water partition coefficient (Wildman–Crippen LogP) is 3.98. The van der Waals surface area contributed by atoms with Crippen molar-refractivity contribution in [3.05, 3.63) is 35.1 Å². The van der Waals surface area contributed by atoms with E-state index >= 15 is 0 Å². The molecule has 0 aliphatic rings. The fourth-order valence-electron chi connectivity index (χ4n) is 1.51. The number of nitrogens with one attached hydrogen (secondary N) is 1. The van der Waals surface area contributed by atoms with Gasteiger partial charge in [0.15, 0.2) is 0 Å². The quantitative estimate of drug-likeness (QED) is 0.792. The van der Waals surface area contributed by atoms with Gasteiger partial charge in [-0.05, 0) is 30.2 Å². The third-order valence-electron chi connectivity index (χ3n) is 2.86. The summed E-state index contributed by atoms with van der Waals surface area (Å²) in [5.41, 5.74) is -0.766. The van der Waals surface area contributed by atoms with Crippen molar-refractivity contribution in [2.24, 2.45) is 5.92 Å². The zero-order chi connectivity index (χ0) is 13.8. The fraction of sp³-hybridized carbons (Fsp3) is 0.538. The maximum absolute atomic E-state index is 13.0. The maximum Gasteiger partial charge on any atom is 0.419 e. The highest BCUT2D eigenvalue weighted by atomic mass is 19.4. The Labute approximate surface area is 104 Å². The molecule has 1 atom stereocenters. The molecule has 0 spiro atoms. The van der Waals surface area contributed by atoms with Crippen LogP contribution < -0.4 is 5.32 Å². The molecule has 18 heavy (non-hydrogen) atoms. The minimum Gasteiger partial charge on any atom is -0.312 e. The van der Waals surface area contributed by atoms with Gasteiger partial charge in [0.05, 0.1) is 5.56 Å². The van der Waals surface area contributed by atoms with Crippen molar-refractivity contribution in [2.75, 3.05) is 6.54 Å². The summed E-state index contributed by atoms with van der Waals surface area (Å²) < 4.78 is 50.5. The molecule has 0 radical (unpaired) electrons. The highest BCUT2D eigenvalue weighted by Gasteiger charge is 2.34. The number of halogens is 4. The summed E-state index contributed by atoms with van der Waals surface area (Å²) in [6, 6.07) is 3.09. The Balaban J connectivity index is 2.68. The van der Waals surface area contributed by atoms with Crippen LogP contribution in [0.4, 0.5) is 17.6 Å². The van der Waals surface area contributed by atoms with Crippen LogP contribution in [0.2, 0.25) is 0 Å². The predicted molar refractivity (Wildman–Crippen MR) is 62.6 cm³/mol. The van der Waals surface area contributed by atoms with Gasteiger partial charge in [0.2, 0.25) is 0 Å². The monoisotopic (exact) mass is 263 g/mol. The van der Waals surface area contributed by atoms with Crippen molar-refractivity contribution >= 4 is 0 Å². The average molecular weight is 263 g/mol. The molecule has 0 bridgehead atoms. The summed E-state index contributed by atoms with van der Waals surface area (Å²) in [5.74, 6) is -0.763. The molecule has 0 aliphatic heterocycles. The standard InChI is InChI=1S/C13H17F4N/c1-3-9(2)7-18-8-10-4-5-12(14)11(6-10)13(15,16)17/h4-6,9,18H,3,7-8H2,1-2H3. The zero-order valence-electron chi connectivity index (χ0n) is 10.4. The fourth-order valence-corrected chi connectivity index (χ4v) is 1.51. The van der Waals surface area contributed by atoms with Crippen molar-refractivity contribution in [1.82, 2.24) is 5.32 Å². The van der Waals surface area contributed by atoms with Gasteiger partial charge in [0.25, 0.3) is 0 Å². The van der Waals surface area contributed by atoms with Crippen LogP contribution in [0.25, 0.3) is 0 Å². The van der Waals surface area contributed by atoms with Gasteiger partial charge in [-0.1, -0.05) is 26.3 Å². The van der Waals surface area contributed by atoms with Crippen LogP contribution in [0.3, 0.4) is 0 Å². The Bertz CT molecular complexity index is 387. The Hall–Kier alpha value is -1.10. The van der Waals surface area contributed by atoms with E-state index in [1.54, 1.807) is 0 Å². The number of hydrogen-bond acceptors (Lipinski definition) is 1. The number of alkyl halides is 3. The number of rotatable bonds is 5. The summed E-state index contributed by atoms with van der Waals surface area (Å²) in [5, 5.41) is 3.06. The summed E-state index contributed by atoms with van der Waals surface area (Å²) in [7, 11) is 0. The molecule has 0 saturated heterocycles. The summed E-state index contributed by atoms with van der Waals surface area (Å²) in [6.07, 6.45) is -3.64. The normalized spacial score (nSPS) is 13.7. The van der Waals surface area contributed by atoms with E-state index in [9.17, 15) is 17.6 Å². The molecular formula is C13H17F4N. The third kappa shape index (κ3) is 4.29. The molecule has 1 nitrogen and oxygen atoms in total. The second-order valence-electron chi connectivity index (χ2n) is 4.46. The number of hydrogen-bond donors (Lipinski definition) is 1. The minimum atomic E-state index is -4.64. The van der Waals surface area contributed by atoms with Gasteiger partial charge in [-0.2, -0.15) is 13.2 Å². The second-order valence-corrected chi connectivity index (χ2v) is 4.46. The van der Waals surface area contributed by atoms with Crippen LogP contribution in [0, 0.1) is 11.7 Å². The third-order valence-corrected chi connectivity index (χ3v) is 2.86. The van der Waals surface area contributed by atoms with E-state index in [1.165, 1.54) is 6.07 Å². The van der Waals surface area contributed by atoms with E-state index in [2.05, 4.69) is 12.2 Å². The molecule has 0 aromatic heterocycles. The minimum absolute atomic E-state index is 0.313. The van der Waals surface area contributed by atoms with Crippen molar-refractivity contribution in [1.29, 1.82) is 0 Å². The maximum atomic E-state index is 13.0. The first kappa shape index (κ1) is 15.0. The van der Waals surface area contributed by atoms with E-state index < -0.39 is 17.6 Å². The molecule has 102 valence electrons. The van der Waals surface area contributed by atoms with Gasteiger partial charge in [0, 0.05) is 6.54 Å². The second kappa shape index (κ2) is 6.18. The smallest absolute Gasteiger partial charge is 0.312 e. The molecule has 0 amide bonds. The first-order valence-corrected chi connectivity index (χ1v) is 5.91. The summed E-state index contributed by atoms with van der Waals surface area (Å²) in [4.78, 5) is 0. The van der Waals surface area contributed by atoms with Gasteiger partial charge >= 0.3 is 6.18 Å². The molecule has 5 heteroatoms. The Kier molecular flexibility index (Phi) is 5.14. The molecule has 0 heterocycles. The molecule has 1 aromatic carbocycles. The highest BCUT2D eigenvalue weighted by Crippen LogP contribution is 2.31. The summed E-state index contributed by atoms with van der Waals surface area (Å²) in [6.45, 7) is 5.15. The first-order valence-electron chi connectivity index (χ1n) is 5.91. The summed E-state index contributed by atoms with van der Waals surface area (Å²) >= 11 is 0. The van der Waals surface area contributed by atoms with Gasteiger partial charge < -0.3 is 5.32 Å². The van der Waals surface area contributed by atoms with Crippen molar-refractivity contribution < 1.29 is 17.6 Å². The van der Waals surface area contributed by atoms with E-state index in [1.807, 2.05) is 6.92 Å². The molecule has 0 fully saturated rings. The lowest BCUT2D eigenvalue weighted by Crippen LogP contribution is -2.20. The number of benzene rings is 1. The zero-order valence-corrected chi connectivity index (χ0v) is 10.4. The topological polar surface area (TPSA) is 12.0 Å². The first-order chi connectivity index (χ1) is 8.34. The Morgan fingerprint density at radius 1 is 1.28 bits per heavy atom. The van der Waals surface area contributed by atoms with Crippen molar-refractivity contribution in [3.63, 3.8) is 0 Å². The van der Waals surface area contributed by atoms with Crippen LogP contribution in [-0.4, -0.2) is 6.54 Å². The highest BCUT2D eigenvalue weighted by molar-refractivity contribution is 5.27. The van der Waals surface area contributed by atoms with Gasteiger partial charge in [-0.15, -0.1) is 0 Å². The lowest BCUT2D eigenvalue weighted by Gasteiger charge is -2.12. The van der Waals surface area contributed by atoms with E-state index in [0.717, 1.165) is 25.1 Å². The van der Waals surface area contributed by atoms with Crippen LogP contribution in [0.5, 0.6) is 0 Å². The SMILES string of the molecule is CCC(C)CNCc1ccc(F)c(C(F)(F)F)c1. The molecule has 0 aliphatic carbocycles. The van der Waals surface area contributed by atoms with E-state index in [4.69, 9.17) is 0 Å².